The Balaban J connectivity index is 2.74. The van der Waals surface area contributed by atoms with Crippen molar-refractivity contribution in [3.05, 3.63) is 0 Å². The van der Waals surface area contributed by atoms with E-state index in [0.29, 0.717) is 0 Å². The number of nitrogens with one attached hydrogen (secondary N) is 1. The maximum Gasteiger partial charge on any atom is 0.345 e. The summed E-state index contributed by atoms with van der Waals surface area (Å²) in [6.45, 7) is 7.14. The topological polar surface area (TPSA) is 44.8 Å². The van der Waals surface area contributed by atoms with Crippen molar-refractivity contribution in [1.29, 1.82) is 0 Å². The largest absolute Gasteiger partial charge is 0.345 e. The quantitative estimate of drug-likeness (QED) is 0.736. The summed E-state index contributed by atoms with van der Waals surface area (Å²) in [5, 5.41) is 3.24. The Morgan fingerprint density at radius 2 is 1.87 bits per heavy atom. The first-order valence-electron chi connectivity index (χ1n) is 5.39. The molecule has 0 amide bonds. The molecule has 0 saturated carbocycles. The molecule has 1 N–H and O–H groups in total. The molecule has 0 radical (unpaired) electrons. The summed E-state index contributed by atoms with van der Waals surface area (Å²) in [5.41, 5.74) is 0. The zero-order valence-corrected chi connectivity index (χ0v) is 11.0. The molecule has 0 bridgehead atoms. The highest BCUT2D eigenvalue weighted by Crippen LogP contribution is 2.53. The zero-order valence-electron chi connectivity index (χ0n) is 10.1. The zero-order chi connectivity index (χ0) is 11.5. The van der Waals surface area contributed by atoms with Gasteiger partial charge in [-0.3, -0.25) is 4.57 Å². The molecule has 0 spiro atoms. The average molecular weight is 235 g/mol. The van der Waals surface area contributed by atoms with Gasteiger partial charge in [0.05, 0.1) is 6.10 Å². The molecule has 15 heavy (non-hydrogen) atoms. The van der Waals surface area contributed by atoms with E-state index in [0.717, 1.165) is 26.2 Å². The lowest BCUT2D eigenvalue weighted by molar-refractivity contribution is 0.174. The first-order chi connectivity index (χ1) is 6.97. The fourth-order valence-electron chi connectivity index (χ4n) is 1.59. The highest BCUT2D eigenvalue weighted by atomic mass is 31.2. The van der Waals surface area contributed by atoms with E-state index in [1.54, 1.807) is 4.67 Å². The van der Waals surface area contributed by atoms with Crippen molar-refractivity contribution in [1.82, 2.24) is 14.7 Å². The van der Waals surface area contributed by atoms with E-state index < -0.39 is 7.67 Å². The summed E-state index contributed by atoms with van der Waals surface area (Å²) in [7, 11) is 0.825. The predicted molar refractivity (Wildman–Crippen MR) is 62.0 cm³/mol. The van der Waals surface area contributed by atoms with Gasteiger partial charge in [0.15, 0.2) is 0 Å². The van der Waals surface area contributed by atoms with Gasteiger partial charge in [-0.1, -0.05) is 0 Å². The Morgan fingerprint density at radius 1 is 1.33 bits per heavy atom. The van der Waals surface area contributed by atoms with Crippen molar-refractivity contribution in [2.24, 2.45) is 0 Å². The molecule has 1 saturated heterocycles. The van der Waals surface area contributed by atoms with Gasteiger partial charge in [-0.2, -0.15) is 0 Å². The monoisotopic (exact) mass is 235 g/mol. The van der Waals surface area contributed by atoms with Gasteiger partial charge >= 0.3 is 7.67 Å². The number of nitrogens with zero attached hydrogens (tertiary/aromatic N) is 2. The van der Waals surface area contributed by atoms with Gasteiger partial charge in [-0.15, -0.1) is 0 Å². The molecule has 1 unspecified atom stereocenters. The van der Waals surface area contributed by atoms with Gasteiger partial charge in [-0.05, 0) is 27.9 Å². The molecule has 1 heterocycles. The van der Waals surface area contributed by atoms with Gasteiger partial charge in [-0.25, -0.2) is 9.34 Å². The summed E-state index contributed by atoms with van der Waals surface area (Å²) >= 11 is 0. The molecule has 1 aliphatic heterocycles. The van der Waals surface area contributed by atoms with Crippen LogP contribution in [0.3, 0.4) is 0 Å². The molecule has 0 aliphatic carbocycles. The van der Waals surface area contributed by atoms with Crippen LogP contribution in [-0.2, 0) is 9.09 Å². The summed E-state index contributed by atoms with van der Waals surface area (Å²) in [5.74, 6) is 0. The van der Waals surface area contributed by atoms with Gasteiger partial charge in [0.25, 0.3) is 0 Å². The molecule has 1 aliphatic rings. The number of hydrogen-bond acceptors (Lipinski definition) is 3. The summed E-state index contributed by atoms with van der Waals surface area (Å²) in [4.78, 5) is 0. The molecular formula is C9H22N3O2P. The molecule has 1 rings (SSSR count). The van der Waals surface area contributed by atoms with E-state index in [-0.39, 0.29) is 6.10 Å². The third kappa shape index (κ3) is 3.26. The van der Waals surface area contributed by atoms with Crippen LogP contribution in [0.4, 0.5) is 0 Å². The van der Waals surface area contributed by atoms with Crippen LogP contribution in [0.5, 0.6) is 0 Å². The molecule has 5 nitrogen and oxygen atoms in total. The fourth-order valence-corrected chi connectivity index (χ4v) is 3.68. The average Bonchev–Trinajstić information content (AvgIpc) is 2.17. The smallest absolute Gasteiger partial charge is 0.314 e. The first-order valence-corrected chi connectivity index (χ1v) is 6.92. The van der Waals surface area contributed by atoms with Crippen molar-refractivity contribution < 1.29 is 9.09 Å². The van der Waals surface area contributed by atoms with Gasteiger partial charge in [0.2, 0.25) is 0 Å². The van der Waals surface area contributed by atoms with Crippen molar-refractivity contribution in [3.63, 3.8) is 0 Å². The van der Waals surface area contributed by atoms with Crippen LogP contribution in [0.1, 0.15) is 13.8 Å². The lowest BCUT2D eigenvalue weighted by atomic mass is 10.4. The van der Waals surface area contributed by atoms with Crippen LogP contribution in [0.2, 0.25) is 0 Å². The van der Waals surface area contributed by atoms with Crippen LogP contribution < -0.4 is 5.32 Å². The van der Waals surface area contributed by atoms with E-state index in [1.807, 2.05) is 32.6 Å². The molecule has 0 aromatic carbocycles. The number of piperazine rings is 1. The van der Waals surface area contributed by atoms with E-state index in [4.69, 9.17) is 4.52 Å². The van der Waals surface area contributed by atoms with Crippen LogP contribution in [0, 0.1) is 0 Å². The standard InChI is InChI=1S/C9H22N3O2P/c1-9(2)14-15(13,11(3)4)12-7-5-10-6-8-12/h9-10H,5-8H2,1-4H3. The maximum atomic E-state index is 12.7. The molecule has 1 atom stereocenters. The molecule has 1 fully saturated rings. The second-order valence-corrected chi connectivity index (χ2v) is 6.75. The second-order valence-electron chi connectivity index (χ2n) is 4.20. The minimum atomic E-state index is -2.80. The Bertz CT molecular complexity index is 240. The number of hydrogen-bond donors (Lipinski definition) is 1. The van der Waals surface area contributed by atoms with Crippen LogP contribution in [0.15, 0.2) is 0 Å². The minimum absolute atomic E-state index is 0.0203. The SMILES string of the molecule is CC(C)OP(=O)(N(C)C)N1CCNCC1. The van der Waals surface area contributed by atoms with E-state index in [1.165, 1.54) is 0 Å². The van der Waals surface area contributed by atoms with Gasteiger partial charge in [0, 0.05) is 26.2 Å². The number of rotatable bonds is 4. The third-order valence-corrected chi connectivity index (χ3v) is 5.13. The van der Waals surface area contributed by atoms with Crippen LogP contribution in [0.25, 0.3) is 0 Å². The molecule has 6 heteroatoms. The molecular weight excluding hydrogens is 213 g/mol. The maximum absolute atomic E-state index is 12.7. The van der Waals surface area contributed by atoms with Crippen molar-refractivity contribution in [2.75, 3.05) is 40.3 Å². The highest BCUT2D eigenvalue weighted by Gasteiger charge is 2.36. The fraction of sp³-hybridized carbons (Fsp3) is 1.00. The van der Waals surface area contributed by atoms with Crippen molar-refractivity contribution >= 4 is 7.67 Å². The highest BCUT2D eigenvalue weighted by molar-refractivity contribution is 7.53. The normalized spacial score (nSPS) is 23.3. The molecule has 0 aromatic heterocycles. The summed E-state index contributed by atoms with van der Waals surface area (Å²) in [6, 6.07) is 0. The molecule has 0 aromatic rings. The van der Waals surface area contributed by atoms with Crippen LogP contribution >= 0.6 is 7.67 Å². The Morgan fingerprint density at radius 3 is 2.27 bits per heavy atom. The Labute approximate surface area is 92.3 Å². The molecule has 90 valence electrons. The lowest BCUT2D eigenvalue weighted by Crippen LogP contribution is -2.44. The second kappa shape index (κ2) is 5.41. The van der Waals surface area contributed by atoms with E-state index in [9.17, 15) is 4.57 Å². The van der Waals surface area contributed by atoms with Crippen molar-refractivity contribution in [3.8, 4) is 0 Å². The van der Waals surface area contributed by atoms with Gasteiger partial charge < -0.3 is 9.84 Å². The first kappa shape index (κ1) is 13.1. The Hall–Kier alpha value is 0.0700. The van der Waals surface area contributed by atoms with Crippen molar-refractivity contribution in [2.45, 2.75) is 20.0 Å². The van der Waals surface area contributed by atoms with Gasteiger partial charge in [0.1, 0.15) is 0 Å². The summed E-state index contributed by atoms with van der Waals surface area (Å²) in [6.07, 6.45) is -0.0203. The summed E-state index contributed by atoms with van der Waals surface area (Å²) < 4.78 is 22.0. The van der Waals surface area contributed by atoms with E-state index in [2.05, 4.69) is 5.32 Å². The van der Waals surface area contributed by atoms with Crippen LogP contribution in [-0.4, -0.2) is 55.7 Å². The minimum Gasteiger partial charge on any atom is -0.314 e. The predicted octanol–water partition coefficient (Wildman–Crippen LogP) is 0.986. The Kier molecular flexibility index (Phi) is 4.74. The lowest BCUT2D eigenvalue weighted by Gasteiger charge is -2.37. The van der Waals surface area contributed by atoms with E-state index >= 15 is 0 Å². The third-order valence-electron chi connectivity index (χ3n) is 2.30.